The second kappa shape index (κ2) is 5.53. The number of pyridine rings is 1. The van der Waals surface area contributed by atoms with Gasteiger partial charge in [-0.3, -0.25) is 4.98 Å². The summed E-state index contributed by atoms with van der Waals surface area (Å²) in [4.78, 5) is 3.89. The van der Waals surface area contributed by atoms with Gasteiger partial charge >= 0.3 is 12.3 Å². The summed E-state index contributed by atoms with van der Waals surface area (Å²) in [6.45, 7) is 0.230. The highest BCUT2D eigenvalue weighted by atomic mass is 35.5. The summed E-state index contributed by atoms with van der Waals surface area (Å²) < 4.78 is 53.8. The first-order valence-corrected chi connectivity index (χ1v) is 5.20. The van der Waals surface area contributed by atoms with Crippen LogP contribution in [-0.2, 0) is 5.88 Å². The molecule has 7 heteroatoms. The lowest BCUT2D eigenvalue weighted by Crippen LogP contribution is -2.33. The normalized spacial score (nSPS) is 11.9. The van der Waals surface area contributed by atoms with Gasteiger partial charge in [0, 0.05) is 23.5 Å². The molecule has 0 saturated carbocycles. The lowest BCUT2D eigenvalue weighted by molar-refractivity contribution is -0.148. The number of hydrogen-bond donors (Lipinski definition) is 0. The molecule has 1 aromatic rings. The zero-order valence-electron chi connectivity index (χ0n) is 8.89. The largest absolute Gasteiger partial charge is 0.487 e. The average molecular weight is 272 g/mol. The van der Waals surface area contributed by atoms with Crippen molar-refractivity contribution in [2.24, 2.45) is 0 Å². The van der Waals surface area contributed by atoms with E-state index in [-0.39, 0.29) is 11.6 Å². The standard InChI is InChI=1S/C10H10ClF4NO/c1-6-2-8(7(3-11)4-16-6)17-5-10(14,15)9(12)13/h2,4,9H,3,5H2,1H3. The van der Waals surface area contributed by atoms with Gasteiger partial charge < -0.3 is 4.74 Å². The van der Waals surface area contributed by atoms with Crippen molar-refractivity contribution in [1.29, 1.82) is 0 Å². The van der Waals surface area contributed by atoms with Gasteiger partial charge in [0.1, 0.15) is 5.75 Å². The Bertz CT molecular complexity index is 387. The number of ether oxygens (including phenoxy) is 1. The number of rotatable bonds is 5. The molecule has 0 fully saturated rings. The Kier molecular flexibility index (Phi) is 4.56. The van der Waals surface area contributed by atoms with Crippen LogP contribution in [0.3, 0.4) is 0 Å². The Balaban J connectivity index is 2.78. The highest BCUT2D eigenvalue weighted by molar-refractivity contribution is 6.17. The quantitative estimate of drug-likeness (QED) is 0.605. The number of aryl methyl sites for hydroxylation is 1. The third kappa shape index (κ3) is 3.73. The molecule has 0 unspecified atom stereocenters. The topological polar surface area (TPSA) is 22.1 Å². The molecule has 0 N–H and O–H groups in total. The minimum atomic E-state index is -4.18. The van der Waals surface area contributed by atoms with Gasteiger partial charge in [-0.05, 0) is 6.92 Å². The van der Waals surface area contributed by atoms with Gasteiger partial charge in [-0.2, -0.15) is 8.78 Å². The maximum absolute atomic E-state index is 12.6. The molecule has 1 rings (SSSR count). The molecule has 0 aromatic carbocycles. The third-order valence-corrected chi connectivity index (χ3v) is 2.25. The monoisotopic (exact) mass is 271 g/mol. The minimum Gasteiger partial charge on any atom is -0.487 e. The average Bonchev–Trinajstić information content (AvgIpc) is 2.26. The molecule has 1 heterocycles. The summed E-state index contributed by atoms with van der Waals surface area (Å²) in [5.41, 5.74) is 0.900. The van der Waals surface area contributed by atoms with Crippen molar-refractivity contribution in [2.45, 2.75) is 25.2 Å². The second-order valence-corrected chi connectivity index (χ2v) is 3.68. The number of nitrogens with zero attached hydrogens (tertiary/aromatic N) is 1. The van der Waals surface area contributed by atoms with E-state index < -0.39 is 19.0 Å². The van der Waals surface area contributed by atoms with Gasteiger partial charge in [-0.25, -0.2) is 8.78 Å². The summed E-state index contributed by atoms with van der Waals surface area (Å²) in [5, 5.41) is 0. The molecule has 96 valence electrons. The maximum atomic E-state index is 12.6. The van der Waals surface area contributed by atoms with Crippen LogP contribution in [0.25, 0.3) is 0 Å². The van der Waals surface area contributed by atoms with E-state index in [2.05, 4.69) is 9.72 Å². The van der Waals surface area contributed by atoms with Crippen molar-refractivity contribution in [3.05, 3.63) is 23.5 Å². The predicted octanol–water partition coefficient (Wildman–Crippen LogP) is 3.41. The molecule has 0 spiro atoms. The fourth-order valence-corrected chi connectivity index (χ4v) is 1.24. The van der Waals surface area contributed by atoms with E-state index >= 15 is 0 Å². The van der Waals surface area contributed by atoms with Gasteiger partial charge in [0.05, 0.1) is 5.88 Å². The summed E-state index contributed by atoms with van der Waals surface area (Å²) in [6, 6.07) is 1.37. The van der Waals surface area contributed by atoms with E-state index in [1.807, 2.05) is 0 Å². The Morgan fingerprint density at radius 3 is 2.65 bits per heavy atom. The molecule has 0 bridgehead atoms. The molecule has 0 saturated heterocycles. The van der Waals surface area contributed by atoms with E-state index in [0.29, 0.717) is 11.3 Å². The molecule has 0 aliphatic heterocycles. The highest BCUT2D eigenvalue weighted by Crippen LogP contribution is 2.26. The van der Waals surface area contributed by atoms with Crippen LogP contribution >= 0.6 is 11.6 Å². The smallest absolute Gasteiger partial charge is 0.340 e. The maximum Gasteiger partial charge on any atom is 0.340 e. The Morgan fingerprint density at radius 2 is 2.12 bits per heavy atom. The van der Waals surface area contributed by atoms with Crippen LogP contribution in [0.5, 0.6) is 5.75 Å². The van der Waals surface area contributed by atoms with E-state index in [4.69, 9.17) is 11.6 Å². The van der Waals surface area contributed by atoms with Gasteiger partial charge in [0.15, 0.2) is 6.61 Å². The zero-order chi connectivity index (χ0) is 13.1. The lowest BCUT2D eigenvalue weighted by Gasteiger charge is -2.17. The van der Waals surface area contributed by atoms with Gasteiger partial charge in [0.2, 0.25) is 0 Å². The molecule has 0 radical (unpaired) electrons. The highest BCUT2D eigenvalue weighted by Gasteiger charge is 2.41. The van der Waals surface area contributed by atoms with Crippen molar-refractivity contribution in [3.63, 3.8) is 0 Å². The van der Waals surface area contributed by atoms with Crippen molar-refractivity contribution in [2.75, 3.05) is 6.61 Å². The zero-order valence-corrected chi connectivity index (χ0v) is 9.65. The van der Waals surface area contributed by atoms with Gasteiger partial charge in [-0.15, -0.1) is 11.6 Å². The first-order chi connectivity index (χ1) is 7.86. The van der Waals surface area contributed by atoms with Crippen molar-refractivity contribution in [1.82, 2.24) is 4.98 Å². The first-order valence-electron chi connectivity index (χ1n) is 4.67. The van der Waals surface area contributed by atoms with E-state index in [1.165, 1.54) is 12.3 Å². The molecule has 1 aromatic heterocycles. The van der Waals surface area contributed by atoms with Crippen LogP contribution in [0.1, 0.15) is 11.3 Å². The molecule has 0 aliphatic rings. The van der Waals surface area contributed by atoms with Gasteiger partial charge in [-0.1, -0.05) is 0 Å². The van der Waals surface area contributed by atoms with Crippen LogP contribution in [0.15, 0.2) is 12.3 Å². The molecule has 17 heavy (non-hydrogen) atoms. The Morgan fingerprint density at radius 1 is 1.47 bits per heavy atom. The summed E-state index contributed by atoms with van der Waals surface area (Å²) in [7, 11) is 0. The Labute approximate surface area is 101 Å². The number of aromatic nitrogens is 1. The van der Waals surface area contributed by atoms with Crippen molar-refractivity contribution in [3.8, 4) is 5.75 Å². The second-order valence-electron chi connectivity index (χ2n) is 3.42. The fourth-order valence-electron chi connectivity index (χ4n) is 1.03. The van der Waals surface area contributed by atoms with E-state index in [0.717, 1.165) is 0 Å². The van der Waals surface area contributed by atoms with Crippen LogP contribution in [-0.4, -0.2) is 23.9 Å². The Hall–Kier alpha value is -1.04. The van der Waals surface area contributed by atoms with Crippen molar-refractivity contribution >= 4 is 11.6 Å². The molecule has 2 nitrogen and oxygen atoms in total. The van der Waals surface area contributed by atoms with E-state index in [1.54, 1.807) is 6.92 Å². The third-order valence-electron chi connectivity index (χ3n) is 1.96. The molecular weight excluding hydrogens is 262 g/mol. The van der Waals surface area contributed by atoms with Gasteiger partial charge in [0.25, 0.3) is 0 Å². The first kappa shape index (κ1) is 14.0. The molecule has 0 aliphatic carbocycles. The number of hydrogen-bond acceptors (Lipinski definition) is 2. The summed E-state index contributed by atoms with van der Waals surface area (Å²) >= 11 is 5.54. The van der Waals surface area contributed by atoms with Crippen LogP contribution < -0.4 is 4.74 Å². The van der Waals surface area contributed by atoms with Crippen LogP contribution in [0, 0.1) is 6.92 Å². The molecular formula is C10H10ClF4NO. The number of alkyl halides is 5. The summed E-state index contributed by atoms with van der Waals surface area (Å²) in [6.07, 6.45) is -2.40. The molecule has 0 amide bonds. The number of halogens is 5. The van der Waals surface area contributed by atoms with E-state index in [9.17, 15) is 17.6 Å². The van der Waals surface area contributed by atoms with Crippen LogP contribution in [0.4, 0.5) is 17.6 Å². The van der Waals surface area contributed by atoms with Crippen LogP contribution in [0.2, 0.25) is 0 Å². The van der Waals surface area contributed by atoms with Crippen molar-refractivity contribution < 1.29 is 22.3 Å². The summed E-state index contributed by atoms with van der Waals surface area (Å²) in [5.74, 6) is -4.13. The predicted molar refractivity (Wildman–Crippen MR) is 55.0 cm³/mol. The molecule has 0 atom stereocenters. The SMILES string of the molecule is Cc1cc(OCC(F)(F)C(F)F)c(CCl)cn1. The lowest BCUT2D eigenvalue weighted by atomic mass is 10.2. The fraction of sp³-hybridized carbons (Fsp3) is 0.500. The minimum absolute atomic E-state index is 0.00284.